The second kappa shape index (κ2) is 5.71. The summed E-state index contributed by atoms with van der Waals surface area (Å²) in [7, 11) is -3.73. The highest BCUT2D eigenvalue weighted by Crippen LogP contribution is 2.26. The smallest absolute Gasteiger partial charge is 0.322 e. The summed E-state index contributed by atoms with van der Waals surface area (Å²) in [5.41, 5.74) is 1.62. The summed E-state index contributed by atoms with van der Waals surface area (Å²) in [6.07, 6.45) is 2.01. The first-order valence-corrected chi connectivity index (χ1v) is 8.76. The highest BCUT2D eigenvalue weighted by Gasteiger charge is 2.27. The molecule has 1 aliphatic heterocycles. The van der Waals surface area contributed by atoms with E-state index in [2.05, 4.69) is 9.88 Å². The van der Waals surface area contributed by atoms with Crippen LogP contribution in [-0.2, 0) is 16.6 Å². The van der Waals surface area contributed by atoms with Crippen molar-refractivity contribution in [1.82, 2.24) is 9.47 Å². The van der Waals surface area contributed by atoms with Crippen LogP contribution in [0.3, 0.4) is 0 Å². The molecule has 0 saturated heterocycles. The zero-order chi connectivity index (χ0) is 16.6. The lowest BCUT2D eigenvalue weighted by molar-refractivity contribution is 0.175. The van der Waals surface area contributed by atoms with Crippen LogP contribution in [0.25, 0.3) is 0 Å². The Bertz CT molecular complexity index is 827. The number of carbonyl (C=O) groups excluding carboxylic acids is 1. The fraction of sp³-hybridized carbons (Fsp3) is 0.267. The first kappa shape index (κ1) is 15.6. The highest BCUT2D eigenvalue weighted by atomic mass is 32.2. The summed E-state index contributed by atoms with van der Waals surface area (Å²) in [4.78, 5) is 14.2. The molecule has 1 aromatic carbocycles. The molecule has 2 aromatic rings. The van der Waals surface area contributed by atoms with Gasteiger partial charge < -0.3 is 14.8 Å². The number of hydrogen-bond acceptors (Lipinski definition) is 3. The number of sulfonamides is 1. The average molecular weight is 334 g/mol. The molecule has 122 valence electrons. The number of nitrogens with zero attached hydrogens (tertiary/aromatic N) is 2. The molecular formula is C15H18N4O3S. The Balaban J connectivity index is 1.73. The number of nitrogens with one attached hydrogen (secondary N) is 1. The maximum Gasteiger partial charge on any atom is 0.322 e. The van der Waals surface area contributed by atoms with Gasteiger partial charge in [-0.05, 0) is 43.3 Å². The maximum absolute atomic E-state index is 12.5. The van der Waals surface area contributed by atoms with Crippen molar-refractivity contribution in [3.8, 4) is 0 Å². The lowest BCUT2D eigenvalue weighted by Crippen LogP contribution is -2.42. The number of primary sulfonamides is 1. The predicted molar refractivity (Wildman–Crippen MR) is 86.4 cm³/mol. The Morgan fingerprint density at radius 2 is 1.91 bits per heavy atom. The van der Waals surface area contributed by atoms with E-state index in [0.717, 1.165) is 12.2 Å². The number of hydrogen-bond donors (Lipinski definition) is 2. The molecule has 1 aliphatic rings. The number of fused-ring (bicyclic) bond motifs is 1. The number of amides is 2. The first-order valence-electron chi connectivity index (χ1n) is 7.22. The van der Waals surface area contributed by atoms with Gasteiger partial charge in [0.2, 0.25) is 10.0 Å². The maximum atomic E-state index is 12.5. The molecule has 0 radical (unpaired) electrons. The third kappa shape index (κ3) is 3.08. The van der Waals surface area contributed by atoms with Crippen LogP contribution in [0.2, 0.25) is 0 Å². The summed E-state index contributed by atoms with van der Waals surface area (Å²) in [5, 5.41) is 7.84. The second-order valence-corrected chi connectivity index (χ2v) is 7.06. The zero-order valence-electron chi connectivity index (χ0n) is 12.6. The number of aromatic nitrogens is 1. The van der Waals surface area contributed by atoms with Gasteiger partial charge >= 0.3 is 6.03 Å². The van der Waals surface area contributed by atoms with Gasteiger partial charge in [-0.2, -0.15) is 0 Å². The van der Waals surface area contributed by atoms with Crippen LogP contribution in [0.4, 0.5) is 10.5 Å². The first-order chi connectivity index (χ1) is 10.9. The normalized spacial score (nSPS) is 17.7. The number of benzene rings is 1. The number of nitrogens with two attached hydrogens (primary N) is 1. The molecule has 2 heterocycles. The van der Waals surface area contributed by atoms with Crippen molar-refractivity contribution in [3.63, 3.8) is 0 Å². The molecule has 0 bridgehead atoms. The van der Waals surface area contributed by atoms with Crippen molar-refractivity contribution >= 4 is 21.7 Å². The van der Waals surface area contributed by atoms with E-state index < -0.39 is 10.0 Å². The lowest BCUT2D eigenvalue weighted by Gasteiger charge is -2.34. The van der Waals surface area contributed by atoms with E-state index >= 15 is 0 Å². The molecule has 0 spiro atoms. The summed E-state index contributed by atoms with van der Waals surface area (Å²) in [6.45, 7) is 3.35. The van der Waals surface area contributed by atoms with Gasteiger partial charge in [-0.15, -0.1) is 0 Å². The van der Waals surface area contributed by atoms with Crippen LogP contribution in [0, 0.1) is 0 Å². The fourth-order valence-corrected chi connectivity index (χ4v) is 3.30. The van der Waals surface area contributed by atoms with E-state index in [1.807, 2.05) is 25.3 Å². The van der Waals surface area contributed by atoms with Gasteiger partial charge in [-0.3, -0.25) is 0 Å². The Morgan fingerprint density at radius 3 is 2.57 bits per heavy atom. The Morgan fingerprint density at radius 1 is 1.22 bits per heavy atom. The summed E-state index contributed by atoms with van der Waals surface area (Å²) >= 11 is 0. The van der Waals surface area contributed by atoms with Gasteiger partial charge in [-0.25, -0.2) is 18.4 Å². The molecule has 1 atom stereocenters. The second-order valence-electron chi connectivity index (χ2n) is 5.50. The molecule has 0 saturated carbocycles. The molecule has 3 N–H and O–H groups in total. The van der Waals surface area contributed by atoms with Crippen LogP contribution in [-0.4, -0.2) is 30.5 Å². The third-order valence-electron chi connectivity index (χ3n) is 4.04. The van der Waals surface area contributed by atoms with Crippen molar-refractivity contribution in [2.75, 3.05) is 11.9 Å². The minimum Gasteiger partial charge on any atom is -0.348 e. The van der Waals surface area contributed by atoms with Gasteiger partial charge in [0.15, 0.2) is 0 Å². The van der Waals surface area contributed by atoms with Crippen LogP contribution in [0.1, 0.15) is 18.7 Å². The number of carbonyl (C=O) groups is 1. The Kier molecular flexibility index (Phi) is 3.87. The average Bonchev–Trinajstić information content (AvgIpc) is 2.96. The minimum atomic E-state index is -3.73. The minimum absolute atomic E-state index is 0.0136. The van der Waals surface area contributed by atoms with Gasteiger partial charge in [0.1, 0.15) is 0 Å². The summed E-state index contributed by atoms with van der Waals surface area (Å²) in [5.74, 6) is 0. The van der Waals surface area contributed by atoms with Crippen molar-refractivity contribution in [2.24, 2.45) is 5.14 Å². The van der Waals surface area contributed by atoms with E-state index in [1.54, 1.807) is 4.90 Å². The Labute approximate surface area is 134 Å². The zero-order valence-corrected chi connectivity index (χ0v) is 13.5. The van der Waals surface area contributed by atoms with Gasteiger partial charge in [0.25, 0.3) is 0 Å². The van der Waals surface area contributed by atoms with Crippen molar-refractivity contribution in [3.05, 3.63) is 48.3 Å². The fourth-order valence-electron chi connectivity index (χ4n) is 2.78. The van der Waals surface area contributed by atoms with Crippen LogP contribution >= 0.6 is 0 Å². The SMILES string of the molecule is C[C@H]1c2cccn2CCN1C(=O)Nc1ccc(S(N)(=O)=O)cc1. The van der Waals surface area contributed by atoms with Crippen LogP contribution in [0.5, 0.6) is 0 Å². The van der Waals surface area contributed by atoms with Crippen molar-refractivity contribution in [2.45, 2.75) is 24.4 Å². The number of anilines is 1. The van der Waals surface area contributed by atoms with E-state index in [1.165, 1.54) is 24.3 Å². The lowest BCUT2D eigenvalue weighted by atomic mass is 10.1. The Hall–Kier alpha value is -2.32. The van der Waals surface area contributed by atoms with Crippen LogP contribution < -0.4 is 10.5 Å². The topological polar surface area (TPSA) is 97.4 Å². The molecule has 2 amide bonds. The molecule has 0 unspecified atom stereocenters. The molecule has 23 heavy (non-hydrogen) atoms. The van der Waals surface area contributed by atoms with Gasteiger partial charge in [0.05, 0.1) is 10.9 Å². The van der Waals surface area contributed by atoms with E-state index in [4.69, 9.17) is 5.14 Å². The molecule has 0 aliphatic carbocycles. The molecule has 8 heteroatoms. The standard InChI is InChI=1S/C15H18N4O3S/c1-11-14-3-2-8-18(14)9-10-19(11)15(20)17-12-4-6-13(7-5-12)23(16,21)22/h2-8,11H,9-10H2,1H3,(H,17,20)(H2,16,21,22)/t11-/m0/s1. The third-order valence-corrected chi connectivity index (χ3v) is 4.97. The molecule has 0 fully saturated rings. The van der Waals surface area contributed by atoms with E-state index in [9.17, 15) is 13.2 Å². The van der Waals surface area contributed by atoms with Gasteiger partial charge in [0, 0.05) is 30.7 Å². The summed E-state index contributed by atoms with van der Waals surface area (Å²) < 4.78 is 24.6. The quantitative estimate of drug-likeness (QED) is 0.875. The molecule has 1 aromatic heterocycles. The van der Waals surface area contributed by atoms with Crippen molar-refractivity contribution in [1.29, 1.82) is 0 Å². The monoisotopic (exact) mass is 334 g/mol. The molecule has 3 rings (SSSR count). The highest BCUT2D eigenvalue weighted by molar-refractivity contribution is 7.89. The van der Waals surface area contributed by atoms with Crippen LogP contribution in [0.15, 0.2) is 47.5 Å². The number of rotatable bonds is 2. The molecule has 7 nitrogen and oxygen atoms in total. The van der Waals surface area contributed by atoms with Crippen molar-refractivity contribution < 1.29 is 13.2 Å². The predicted octanol–water partition coefficient (Wildman–Crippen LogP) is 1.74. The van der Waals surface area contributed by atoms with Gasteiger partial charge in [-0.1, -0.05) is 0 Å². The van der Waals surface area contributed by atoms with E-state index in [0.29, 0.717) is 12.2 Å². The summed E-state index contributed by atoms with van der Waals surface area (Å²) in [6, 6.07) is 9.52. The largest absolute Gasteiger partial charge is 0.348 e. The molecular weight excluding hydrogens is 316 g/mol. The number of urea groups is 1. The van der Waals surface area contributed by atoms with E-state index in [-0.39, 0.29) is 17.0 Å².